The number of carbonyl (C=O) groups excluding carboxylic acids is 1. The predicted octanol–water partition coefficient (Wildman–Crippen LogP) is 1.99. The van der Waals surface area contributed by atoms with Crippen molar-refractivity contribution >= 4 is 23.5 Å². The fourth-order valence-electron chi connectivity index (χ4n) is 1.42. The number of carbonyl (C=O) groups is 1. The van der Waals surface area contributed by atoms with E-state index in [9.17, 15) is 4.79 Å². The molecule has 1 aromatic rings. The number of nitrogens with zero attached hydrogens (tertiary/aromatic N) is 1. The van der Waals surface area contributed by atoms with Gasteiger partial charge >= 0.3 is 0 Å². The van der Waals surface area contributed by atoms with Crippen LogP contribution in [0.5, 0.6) is 0 Å². The van der Waals surface area contributed by atoms with Gasteiger partial charge < -0.3 is 10.6 Å². The number of amides is 1. The Morgan fingerprint density at radius 2 is 2.29 bits per heavy atom. The average Bonchev–Trinajstić information content (AvgIpc) is 2.38. The smallest absolute Gasteiger partial charge is 0.270 e. The molecule has 5 heteroatoms. The summed E-state index contributed by atoms with van der Waals surface area (Å²) in [6.07, 6.45) is 2.97. The highest BCUT2D eigenvalue weighted by molar-refractivity contribution is 7.98. The Morgan fingerprint density at radius 1 is 1.53 bits per heavy atom. The number of nitrogens with one attached hydrogen (secondary N) is 2. The van der Waals surface area contributed by atoms with E-state index < -0.39 is 0 Å². The highest BCUT2D eigenvalue weighted by Crippen LogP contribution is 2.06. The molecule has 1 atom stereocenters. The van der Waals surface area contributed by atoms with Crippen molar-refractivity contribution in [3.63, 3.8) is 0 Å². The monoisotopic (exact) mass is 253 g/mol. The summed E-state index contributed by atoms with van der Waals surface area (Å²) in [5, 5.41) is 5.90. The minimum atomic E-state index is -0.108. The molecule has 0 aliphatic heterocycles. The van der Waals surface area contributed by atoms with Gasteiger partial charge in [-0.3, -0.25) is 4.79 Å². The minimum Gasteiger partial charge on any atom is -0.373 e. The van der Waals surface area contributed by atoms with Crippen molar-refractivity contribution in [1.29, 1.82) is 0 Å². The maximum atomic E-state index is 11.9. The van der Waals surface area contributed by atoms with Gasteiger partial charge in [0.25, 0.3) is 5.91 Å². The molecule has 0 aromatic carbocycles. The number of hydrogen-bond donors (Lipinski definition) is 2. The Labute approximate surface area is 107 Å². The van der Waals surface area contributed by atoms with Crippen LogP contribution in [0.3, 0.4) is 0 Å². The molecule has 17 heavy (non-hydrogen) atoms. The summed E-state index contributed by atoms with van der Waals surface area (Å²) >= 11 is 1.73. The summed E-state index contributed by atoms with van der Waals surface area (Å²) in [5.74, 6) is 1.52. The first kappa shape index (κ1) is 13.8. The third-order valence-corrected chi connectivity index (χ3v) is 3.17. The van der Waals surface area contributed by atoms with Crippen LogP contribution in [-0.2, 0) is 0 Å². The van der Waals surface area contributed by atoms with Gasteiger partial charge in [0.2, 0.25) is 0 Å². The van der Waals surface area contributed by atoms with Gasteiger partial charge in [-0.2, -0.15) is 11.8 Å². The predicted molar refractivity (Wildman–Crippen MR) is 73.7 cm³/mol. The van der Waals surface area contributed by atoms with Crippen LogP contribution >= 0.6 is 11.8 Å². The summed E-state index contributed by atoms with van der Waals surface area (Å²) in [5.41, 5.74) is 0.455. The van der Waals surface area contributed by atoms with E-state index >= 15 is 0 Å². The molecule has 0 aliphatic carbocycles. The second-order valence-electron chi connectivity index (χ2n) is 3.69. The van der Waals surface area contributed by atoms with Crippen molar-refractivity contribution in [3.05, 3.63) is 23.9 Å². The number of pyridine rings is 1. The van der Waals surface area contributed by atoms with Crippen LogP contribution in [0.15, 0.2) is 18.2 Å². The Bertz CT molecular complexity index is 371. The number of thioether (sulfide) groups is 1. The molecule has 2 N–H and O–H groups in total. The normalized spacial score (nSPS) is 11.9. The number of anilines is 1. The fraction of sp³-hybridized carbons (Fsp3) is 0.500. The van der Waals surface area contributed by atoms with E-state index in [2.05, 4.69) is 22.5 Å². The first-order chi connectivity index (χ1) is 8.21. The number of hydrogen-bond acceptors (Lipinski definition) is 4. The van der Waals surface area contributed by atoms with Crippen LogP contribution < -0.4 is 10.6 Å². The number of rotatable bonds is 6. The van der Waals surface area contributed by atoms with Crippen LogP contribution in [-0.4, -0.2) is 36.0 Å². The second-order valence-corrected chi connectivity index (χ2v) is 4.60. The van der Waals surface area contributed by atoms with Gasteiger partial charge in [-0.05, 0) is 24.8 Å². The maximum Gasteiger partial charge on any atom is 0.270 e. The molecular formula is C12H19N3OS. The Kier molecular flexibility index (Phi) is 5.83. The van der Waals surface area contributed by atoms with Crippen molar-refractivity contribution in [2.45, 2.75) is 19.4 Å². The third-order valence-electron chi connectivity index (χ3n) is 2.43. The largest absolute Gasteiger partial charge is 0.373 e. The first-order valence-corrected chi connectivity index (χ1v) is 7.05. The summed E-state index contributed by atoms with van der Waals surface area (Å²) in [7, 11) is 1.78. The average molecular weight is 253 g/mol. The Balaban J connectivity index is 2.68. The van der Waals surface area contributed by atoms with Gasteiger partial charge in [0.1, 0.15) is 11.5 Å². The zero-order chi connectivity index (χ0) is 12.7. The van der Waals surface area contributed by atoms with Gasteiger partial charge in [0.15, 0.2) is 0 Å². The first-order valence-electron chi connectivity index (χ1n) is 5.65. The third kappa shape index (κ3) is 4.26. The standard InChI is InChI=1S/C12H19N3OS/c1-4-9(8-17-3)14-12(16)10-6-5-7-11(13-2)15-10/h5-7,9H,4,8H2,1-3H3,(H,13,15)(H,14,16). The molecule has 1 unspecified atom stereocenters. The van der Waals surface area contributed by atoms with Crippen LogP contribution in [0, 0.1) is 0 Å². The molecule has 0 saturated heterocycles. The van der Waals surface area contributed by atoms with Crippen molar-refractivity contribution in [2.75, 3.05) is 24.4 Å². The lowest BCUT2D eigenvalue weighted by Crippen LogP contribution is -2.36. The molecule has 94 valence electrons. The zero-order valence-corrected chi connectivity index (χ0v) is 11.3. The molecule has 0 saturated carbocycles. The second kappa shape index (κ2) is 7.17. The van der Waals surface area contributed by atoms with Gasteiger partial charge in [0.05, 0.1) is 0 Å². The molecule has 0 bridgehead atoms. The molecule has 0 spiro atoms. The summed E-state index contributed by atoms with van der Waals surface area (Å²) in [4.78, 5) is 16.2. The summed E-state index contributed by atoms with van der Waals surface area (Å²) in [6, 6.07) is 5.58. The van der Waals surface area contributed by atoms with Gasteiger partial charge in [-0.25, -0.2) is 4.98 Å². The SMILES string of the molecule is CCC(CSC)NC(=O)c1cccc(NC)n1. The van der Waals surface area contributed by atoms with Crippen LogP contribution in [0.1, 0.15) is 23.8 Å². The van der Waals surface area contributed by atoms with E-state index in [0.29, 0.717) is 11.5 Å². The molecule has 0 aliphatic rings. The zero-order valence-electron chi connectivity index (χ0n) is 10.5. The van der Waals surface area contributed by atoms with Crippen molar-refractivity contribution < 1.29 is 4.79 Å². The Morgan fingerprint density at radius 3 is 2.88 bits per heavy atom. The van der Waals surface area contributed by atoms with E-state index in [-0.39, 0.29) is 11.9 Å². The van der Waals surface area contributed by atoms with E-state index in [1.54, 1.807) is 24.9 Å². The molecule has 1 rings (SSSR count). The lowest BCUT2D eigenvalue weighted by molar-refractivity contribution is 0.0935. The molecule has 1 aromatic heterocycles. The lowest BCUT2D eigenvalue weighted by Gasteiger charge is -2.15. The summed E-state index contributed by atoms with van der Waals surface area (Å²) in [6.45, 7) is 2.07. The van der Waals surface area contributed by atoms with Crippen LogP contribution in [0.4, 0.5) is 5.82 Å². The lowest BCUT2D eigenvalue weighted by atomic mass is 10.2. The quantitative estimate of drug-likeness (QED) is 0.814. The van der Waals surface area contributed by atoms with Crippen LogP contribution in [0.2, 0.25) is 0 Å². The van der Waals surface area contributed by atoms with E-state index in [0.717, 1.165) is 12.2 Å². The molecule has 4 nitrogen and oxygen atoms in total. The van der Waals surface area contributed by atoms with Gasteiger partial charge in [-0.1, -0.05) is 13.0 Å². The topological polar surface area (TPSA) is 54.0 Å². The molecule has 0 fully saturated rings. The van der Waals surface area contributed by atoms with E-state index in [1.165, 1.54) is 0 Å². The minimum absolute atomic E-state index is 0.108. The van der Waals surface area contributed by atoms with E-state index in [1.807, 2.05) is 18.4 Å². The van der Waals surface area contributed by atoms with Gasteiger partial charge in [0, 0.05) is 18.8 Å². The van der Waals surface area contributed by atoms with Crippen molar-refractivity contribution in [3.8, 4) is 0 Å². The highest BCUT2D eigenvalue weighted by Gasteiger charge is 2.12. The number of aromatic nitrogens is 1. The van der Waals surface area contributed by atoms with E-state index in [4.69, 9.17) is 0 Å². The molecule has 1 amide bonds. The fourth-order valence-corrected chi connectivity index (χ4v) is 2.14. The van der Waals surface area contributed by atoms with Crippen molar-refractivity contribution in [1.82, 2.24) is 10.3 Å². The Hall–Kier alpha value is -1.23. The molecule has 1 heterocycles. The maximum absolute atomic E-state index is 11.9. The molecule has 0 radical (unpaired) electrons. The van der Waals surface area contributed by atoms with Crippen molar-refractivity contribution in [2.24, 2.45) is 0 Å². The van der Waals surface area contributed by atoms with Gasteiger partial charge in [-0.15, -0.1) is 0 Å². The highest BCUT2D eigenvalue weighted by atomic mass is 32.2. The molecular weight excluding hydrogens is 234 g/mol. The van der Waals surface area contributed by atoms with Crippen LogP contribution in [0.25, 0.3) is 0 Å². The summed E-state index contributed by atoms with van der Waals surface area (Å²) < 4.78 is 0.